The highest BCUT2D eigenvalue weighted by atomic mass is 16.6. The molecular formula is C25H28N4O5. The van der Waals surface area contributed by atoms with Crippen LogP contribution in [0.1, 0.15) is 16.7 Å². The number of hydrogen-bond donors (Lipinski definition) is 2. The molecule has 0 bridgehead atoms. The van der Waals surface area contributed by atoms with Crippen molar-refractivity contribution in [2.24, 2.45) is 5.10 Å². The highest BCUT2D eigenvalue weighted by Gasteiger charge is 2.17. The van der Waals surface area contributed by atoms with Crippen molar-refractivity contribution in [2.45, 2.75) is 20.8 Å². The second-order valence-electron chi connectivity index (χ2n) is 7.31. The van der Waals surface area contributed by atoms with E-state index in [1.807, 2.05) is 50.2 Å². The summed E-state index contributed by atoms with van der Waals surface area (Å²) in [6.45, 7) is 9.11. The zero-order valence-electron chi connectivity index (χ0n) is 19.6. The molecule has 3 aromatic rings. The molecule has 0 fully saturated rings. The first-order valence-electron chi connectivity index (χ1n) is 10.4. The summed E-state index contributed by atoms with van der Waals surface area (Å²) in [6, 6.07) is 18.0. The number of carbonyl (C=O) groups is 1. The van der Waals surface area contributed by atoms with Crippen molar-refractivity contribution in [1.29, 1.82) is 0 Å². The number of rotatable bonds is 8. The second kappa shape index (κ2) is 12.6. The molecule has 0 aromatic heterocycles. The fourth-order valence-corrected chi connectivity index (χ4v) is 2.86. The highest BCUT2D eigenvalue weighted by molar-refractivity contribution is 5.80. The van der Waals surface area contributed by atoms with Gasteiger partial charge in [0, 0.05) is 18.0 Å². The third kappa shape index (κ3) is 7.63. The molecule has 0 radical (unpaired) electrons. The van der Waals surface area contributed by atoms with E-state index in [4.69, 9.17) is 9.47 Å². The van der Waals surface area contributed by atoms with Gasteiger partial charge in [0.25, 0.3) is 11.6 Å². The molecule has 0 heterocycles. The highest BCUT2D eigenvalue weighted by Crippen LogP contribution is 2.36. The number of nitro benzene ring substituents is 1. The Bertz CT molecular complexity index is 1150. The van der Waals surface area contributed by atoms with E-state index in [1.54, 1.807) is 25.1 Å². The Morgan fingerprint density at radius 2 is 1.71 bits per heavy atom. The lowest BCUT2D eigenvalue weighted by atomic mass is 10.1. The molecule has 34 heavy (non-hydrogen) atoms. The molecule has 0 saturated heterocycles. The Morgan fingerprint density at radius 1 is 1.00 bits per heavy atom. The molecular weight excluding hydrogens is 436 g/mol. The lowest BCUT2D eigenvalue weighted by molar-refractivity contribution is -0.385. The third-order valence-electron chi connectivity index (χ3n) is 4.81. The maximum absolute atomic E-state index is 11.1. The number of aryl methyl sites for hydroxylation is 3. The summed E-state index contributed by atoms with van der Waals surface area (Å²) in [5.74, 6) is 1.18. The van der Waals surface area contributed by atoms with Gasteiger partial charge in [-0.15, -0.1) is 0 Å². The van der Waals surface area contributed by atoms with Crippen LogP contribution in [0.3, 0.4) is 0 Å². The Hall–Kier alpha value is -4.40. The van der Waals surface area contributed by atoms with Gasteiger partial charge in [0.2, 0.25) is 0 Å². The average Bonchev–Trinajstić information content (AvgIpc) is 2.82. The van der Waals surface area contributed by atoms with Crippen molar-refractivity contribution < 1.29 is 19.2 Å². The number of nitrogens with zero attached hydrogens (tertiary/aromatic N) is 2. The summed E-state index contributed by atoms with van der Waals surface area (Å²) in [6.07, 6.45) is 0. The Kier molecular flexibility index (Phi) is 9.57. The minimum Gasteiger partial charge on any atom is -0.493 e. The van der Waals surface area contributed by atoms with E-state index in [2.05, 4.69) is 22.6 Å². The predicted octanol–water partition coefficient (Wildman–Crippen LogP) is 5.15. The van der Waals surface area contributed by atoms with Crippen molar-refractivity contribution in [1.82, 2.24) is 5.43 Å². The summed E-state index contributed by atoms with van der Waals surface area (Å²) in [5, 5.41) is 17.2. The van der Waals surface area contributed by atoms with Crippen LogP contribution in [-0.2, 0) is 4.79 Å². The summed E-state index contributed by atoms with van der Waals surface area (Å²) >= 11 is 0. The van der Waals surface area contributed by atoms with Gasteiger partial charge in [0.1, 0.15) is 5.75 Å². The van der Waals surface area contributed by atoms with Gasteiger partial charge in [-0.25, -0.2) is 5.43 Å². The standard InChI is InChI=1S/C14H13NO4.C11H15N3O/c1-10-8-13(18-2)14(9-12(10)15(16)17)19-11-6-4-3-5-7-11;1-8-4-5-10(6-9(8)2)13-7-11(15)14-12-3/h3-9H,1-2H3;4-6,13H,3,7H2,1-2H3,(H,14,15). The number of nitrogens with one attached hydrogen (secondary N) is 2. The fraction of sp³-hybridized carbons (Fsp3) is 0.200. The maximum Gasteiger partial charge on any atom is 0.276 e. The first kappa shape index (κ1) is 25.9. The number of hydrogen-bond acceptors (Lipinski definition) is 7. The molecule has 9 heteroatoms. The van der Waals surface area contributed by atoms with E-state index >= 15 is 0 Å². The van der Waals surface area contributed by atoms with E-state index in [0.29, 0.717) is 22.8 Å². The van der Waals surface area contributed by atoms with Crippen LogP contribution in [0.25, 0.3) is 0 Å². The van der Waals surface area contributed by atoms with Crippen LogP contribution in [0.2, 0.25) is 0 Å². The molecule has 0 aliphatic rings. The van der Waals surface area contributed by atoms with Gasteiger partial charge >= 0.3 is 0 Å². The number of hydrazone groups is 1. The number of para-hydroxylation sites is 1. The van der Waals surface area contributed by atoms with Crippen LogP contribution in [0.15, 0.2) is 65.8 Å². The predicted molar refractivity (Wildman–Crippen MR) is 133 cm³/mol. The van der Waals surface area contributed by atoms with Crippen molar-refractivity contribution in [2.75, 3.05) is 19.0 Å². The molecule has 0 aliphatic carbocycles. The Morgan fingerprint density at radius 3 is 2.29 bits per heavy atom. The van der Waals surface area contributed by atoms with Crippen LogP contribution in [0.4, 0.5) is 11.4 Å². The van der Waals surface area contributed by atoms with Crippen LogP contribution >= 0.6 is 0 Å². The van der Waals surface area contributed by atoms with Crippen molar-refractivity contribution in [3.05, 3.63) is 87.5 Å². The number of amides is 1. The van der Waals surface area contributed by atoms with Gasteiger partial charge in [0.15, 0.2) is 11.5 Å². The molecule has 3 aromatic carbocycles. The topological polar surface area (TPSA) is 115 Å². The summed E-state index contributed by atoms with van der Waals surface area (Å²) < 4.78 is 10.8. The second-order valence-corrected chi connectivity index (χ2v) is 7.31. The van der Waals surface area contributed by atoms with Gasteiger partial charge in [-0.1, -0.05) is 24.3 Å². The van der Waals surface area contributed by atoms with E-state index in [1.165, 1.54) is 24.3 Å². The number of anilines is 1. The van der Waals surface area contributed by atoms with Gasteiger partial charge in [0.05, 0.1) is 24.6 Å². The molecule has 0 unspecified atom stereocenters. The Balaban J connectivity index is 0.000000248. The van der Waals surface area contributed by atoms with Crippen LogP contribution in [0.5, 0.6) is 17.2 Å². The van der Waals surface area contributed by atoms with Crippen molar-refractivity contribution in [3.8, 4) is 17.2 Å². The van der Waals surface area contributed by atoms with Crippen molar-refractivity contribution >= 4 is 24.0 Å². The average molecular weight is 465 g/mol. The minimum absolute atomic E-state index is 0.00623. The minimum atomic E-state index is -0.438. The van der Waals surface area contributed by atoms with Crippen LogP contribution < -0.4 is 20.2 Å². The zero-order chi connectivity index (χ0) is 25.1. The molecule has 2 N–H and O–H groups in total. The fourth-order valence-electron chi connectivity index (χ4n) is 2.86. The largest absolute Gasteiger partial charge is 0.493 e. The van der Waals surface area contributed by atoms with Crippen molar-refractivity contribution in [3.63, 3.8) is 0 Å². The zero-order valence-corrected chi connectivity index (χ0v) is 19.6. The molecule has 3 rings (SSSR count). The number of methoxy groups -OCH3 is 1. The molecule has 0 saturated carbocycles. The van der Waals surface area contributed by atoms with Gasteiger partial charge in [-0.2, -0.15) is 5.10 Å². The molecule has 0 atom stereocenters. The molecule has 1 amide bonds. The first-order chi connectivity index (χ1) is 16.2. The Labute approximate surface area is 198 Å². The van der Waals surface area contributed by atoms with Crippen LogP contribution in [-0.4, -0.2) is 31.2 Å². The van der Waals surface area contributed by atoms with Crippen LogP contribution in [0, 0.1) is 30.9 Å². The lowest BCUT2D eigenvalue weighted by Gasteiger charge is -2.11. The van der Waals surface area contributed by atoms with Gasteiger partial charge in [-0.3, -0.25) is 14.9 Å². The molecule has 0 aliphatic heterocycles. The van der Waals surface area contributed by atoms with Gasteiger partial charge < -0.3 is 14.8 Å². The van der Waals surface area contributed by atoms with E-state index in [9.17, 15) is 14.9 Å². The normalized spacial score (nSPS) is 9.76. The summed E-state index contributed by atoms with van der Waals surface area (Å²) in [4.78, 5) is 21.6. The molecule has 178 valence electrons. The van der Waals surface area contributed by atoms with E-state index in [0.717, 1.165) is 5.69 Å². The number of ether oxygens (including phenoxy) is 2. The summed E-state index contributed by atoms with van der Waals surface area (Å²) in [7, 11) is 1.50. The van der Waals surface area contributed by atoms with Gasteiger partial charge in [-0.05, 0) is 62.2 Å². The lowest BCUT2D eigenvalue weighted by Crippen LogP contribution is -2.25. The van der Waals surface area contributed by atoms with E-state index in [-0.39, 0.29) is 18.1 Å². The van der Waals surface area contributed by atoms with E-state index < -0.39 is 4.92 Å². The SMILES string of the molecule is C=NNC(=O)CNc1ccc(C)c(C)c1.COc1cc(C)c([N+](=O)[O-])cc1Oc1ccccc1. The molecule has 9 nitrogen and oxygen atoms in total. The monoisotopic (exact) mass is 464 g/mol. The first-order valence-corrected chi connectivity index (χ1v) is 10.4. The number of carbonyl (C=O) groups excluding carboxylic acids is 1. The third-order valence-corrected chi connectivity index (χ3v) is 4.81. The number of benzene rings is 3. The maximum atomic E-state index is 11.1. The quantitative estimate of drug-likeness (QED) is 0.271. The molecule has 0 spiro atoms. The smallest absolute Gasteiger partial charge is 0.276 e. The summed E-state index contributed by atoms with van der Waals surface area (Å²) in [5.41, 5.74) is 6.15. The number of nitro groups is 1.